The average Bonchev–Trinajstić information content (AvgIpc) is 2.77. The van der Waals surface area contributed by atoms with Gasteiger partial charge in [0.1, 0.15) is 0 Å². The zero-order valence-corrected chi connectivity index (χ0v) is 17.2. The van der Waals surface area contributed by atoms with E-state index in [9.17, 15) is 9.59 Å². The summed E-state index contributed by atoms with van der Waals surface area (Å²) in [7, 11) is 1.61. The topological polar surface area (TPSA) is 63.6 Å². The van der Waals surface area contributed by atoms with Gasteiger partial charge in [-0.1, -0.05) is 24.6 Å². The molecular weight excluding hydrogens is 366 g/mol. The summed E-state index contributed by atoms with van der Waals surface area (Å²) in [5.41, 5.74) is 0.479. The van der Waals surface area contributed by atoms with Crippen LogP contribution in [-0.2, 0) is 11.3 Å². The number of benzene rings is 1. The maximum Gasteiger partial charge on any atom is 0.258 e. The fourth-order valence-electron chi connectivity index (χ4n) is 5.01. The van der Waals surface area contributed by atoms with Crippen LogP contribution in [0, 0.1) is 5.92 Å². The van der Waals surface area contributed by atoms with Crippen LogP contribution in [0.4, 0.5) is 0 Å². The first-order chi connectivity index (χ1) is 14.2. The van der Waals surface area contributed by atoms with Crippen LogP contribution in [0.25, 0.3) is 10.8 Å². The van der Waals surface area contributed by atoms with Crippen LogP contribution in [-0.4, -0.2) is 54.8 Å². The zero-order valence-electron chi connectivity index (χ0n) is 17.2. The van der Waals surface area contributed by atoms with Gasteiger partial charge in [-0.2, -0.15) is 0 Å². The number of ether oxygens (including phenoxy) is 1. The highest BCUT2D eigenvalue weighted by Crippen LogP contribution is 2.30. The van der Waals surface area contributed by atoms with Crippen molar-refractivity contribution in [3.63, 3.8) is 0 Å². The molecule has 0 bridgehead atoms. The van der Waals surface area contributed by atoms with Gasteiger partial charge in [-0.3, -0.25) is 9.59 Å². The van der Waals surface area contributed by atoms with Gasteiger partial charge in [0.25, 0.3) is 11.5 Å². The van der Waals surface area contributed by atoms with Crippen molar-refractivity contribution in [1.82, 2.24) is 14.8 Å². The van der Waals surface area contributed by atoms with Crippen molar-refractivity contribution in [2.24, 2.45) is 5.92 Å². The fourth-order valence-corrected chi connectivity index (χ4v) is 5.01. The first kappa shape index (κ1) is 20.1. The van der Waals surface area contributed by atoms with Crippen molar-refractivity contribution in [1.29, 1.82) is 0 Å². The highest BCUT2D eigenvalue weighted by atomic mass is 16.5. The lowest BCUT2D eigenvalue weighted by Gasteiger charge is -2.44. The standard InChI is InChI=1S/C23H31N3O3/c1-29-14-13-26-16-20(18-8-2-3-9-19(18)23(26)28)22(27)24-15-17-7-6-12-25-11-5-4-10-21(17)25/h2-3,8-9,16-17,21H,4-7,10-15H2,1H3,(H,24,27)/t17-,21-/m1/s1. The summed E-state index contributed by atoms with van der Waals surface area (Å²) in [5, 5.41) is 4.48. The minimum atomic E-state index is -0.0969. The smallest absolute Gasteiger partial charge is 0.258 e. The molecular formula is C23H31N3O3. The zero-order chi connectivity index (χ0) is 20.2. The Balaban J connectivity index is 1.55. The normalized spacial score (nSPS) is 22.4. The van der Waals surface area contributed by atoms with Crippen LogP contribution < -0.4 is 10.9 Å². The van der Waals surface area contributed by atoms with E-state index in [0.717, 1.165) is 0 Å². The monoisotopic (exact) mass is 397 g/mol. The first-order valence-electron chi connectivity index (χ1n) is 10.8. The Labute approximate surface area is 171 Å². The summed E-state index contributed by atoms with van der Waals surface area (Å²) in [6.45, 7) is 3.96. The molecule has 29 heavy (non-hydrogen) atoms. The molecule has 6 nitrogen and oxygen atoms in total. The van der Waals surface area contributed by atoms with Gasteiger partial charge in [-0.05, 0) is 50.8 Å². The third-order valence-corrected chi connectivity index (χ3v) is 6.53. The molecule has 2 aliphatic rings. The molecule has 1 amide bonds. The van der Waals surface area contributed by atoms with Gasteiger partial charge in [0.2, 0.25) is 0 Å². The Hall–Kier alpha value is -2.18. The van der Waals surface area contributed by atoms with E-state index in [-0.39, 0.29) is 11.5 Å². The van der Waals surface area contributed by atoms with Gasteiger partial charge in [0.15, 0.2) is 0 Å². The quantitative estimate of drug-likeness (QED) is 0.814. The summed E-state index contributed by atoms with van der Waals surface area (Å²) in [5.74, 6) is 0.416. The molecule has 2 atom stereocenters. The van der Waals surface area contributed by atoms with Crippen LogP contribution in [0.15, 0.2) is 35.3 Å². The van der Waals surface area contributed by atoms with E-state index >= 15 is 0 Å². The molecule has 156 valence electrons. The van der Waals surface area contributed by atoms with Crippen molar-refractivity contribution >= 4 is 16.7 Å². The highest BCUT2D eigenvalue weighted by molar-refractivity contribution is 6.06. The Morgan fingerprint density at radius 1 is 1.14 bits per heavy atom. The first-order valence-corrected chi connectivity index (χ1v) is 10.8. The van der Waals surface area contributed by atoms with Crippen molar-refractivity contribution in [2.75, 3.05) is 33.4 Å². The lowest BCUT2D eigenvalue weighted by molar-refractivity contribution is 0.0576. The Morgan fingerprint density at radius 2 is 1.93 bits per heavy atom. The van der Waals surface area contributed by atoms with Crippen LogP contribution in [0.3, 0.4) is 0 Å². The second-order valence-corrected chi connectivity index (χ2v) is 8.29. The molecule has 2 aromatic rings. The number of hydrogen-bond acceptors (Lipinski definition) is 4. The second kappa shape index (κ2) is 9.09. The maximum absolute atomic E-state index is 13.1. The second-order valence-electron chi connectivity index (χ2n) is 8.29. The van der Waals surface area contributed by atoms with E-state index in [1.54, 1.807) is 23.9 Å². The fraction of sp³-hybridized carbons (Fsp3) is 0.565. The number of aromatic nitrogens is 1. The molecule has 0 spiro atoms. The van der Waals surface area contributed by atoms with Crippen molar-refractivity contribution in [3.8, 4) is 0 Å². The molecule has 3 heterocycles. The summed E-state index contributed by atoms with van der Waals surface area (Å²) < 4.78 is 6.71. The number of nitrogens with zero attached hydrogens (tertiary/aromatic N) is 2. The molecule has 1 aromatic heterocycles. The molecule has 1 N–H and O–H groups in total. The third kappa shape index (κ3) is 4.23. The van der Waals surface area contributed by atoms with E-state index in [0.29, 0.717) is 48.0 Å². The van der Waals surface area contributed by atoms with Gasteiger partial charge >= 0.3 is 0 Å². The molecule has 0 aliphatic carbocycles. The molecule has 2 saturated heterocycles. The van der Waals surface area contributed by atoms with E-state index in [1.807, 2.05) is 18.2 Å². The van der Waals surface area contributed by atoms with Gasteiger partial charge in [-0.25, -0.2) is 0 Å². The van der Waals surface area contributed by atoms with Crippen molar-refractivity contribution < 1.29 is 9.53 Å². The van der Waals surface area contributed by atoms with Crippen LogP contribution >= 0.6 is 0 Å². The lowest BCUT2D eigenvalue weighted by Crippen LogP contribution is -2.51. The van der Waals surface area contributed by atoms with E-state index in [2.05, 4.69) is 10.2 Å². The SMILES string of the molecule is COCCn1cc(C(=O)NC[C@H]2CCCN3CCCC[C@H]23)c2ccccc2c1=O. The Morgan fingerprint density at radius 3 is 2.76 bits per heavy atom. The molecule has 6 heteroatoms. The number of carbonyl (C=O) groups is 1. The number of piperidine rings is 2. The number of amides is 1. The van der Waals surface area contributed by atoms with E-state index < -0.39 is 0 Å². The van der Waals surface area contributed by atoms with Crippen molar-refractivity contribution in [2.45, 2.75) is 44.7 Å². The number of methoxy groups -OCH3 is 1. The predicted molar refractivity (Wildman–Crippen MR) is 114 cm³/mol. The summed E-state index contributed by atoms with van der Waals surface area (Å²) in [4.78, 5) is 28.5. The highest BCUT2D eigenvalue weighted by Gasteiger charge is 2.33. The number of rotatable bonds is 6. The lowest BCUT2D eigenvalue weighted by atomic mass is 9.83. The number of nitrogens with one attached hydrogen (secondary N) is 1. The molecule has 4 rings (SSSR count). The number of carbonyl (C=O) groups excluding carboxylic acids is 1. The number of fused-ring (bicyclic) bond motifs is 2. The Bertz CT molecular complexity index is 921. The predicted octanol–water partition coefficient (Wildman–Crippen LogP) is 2.64. The number of hydrogen-bond donors (Lipinski definition) is 1. The van der Waals surface area contributed by atoms with Crippen LogP contribution in [0.5, 0.6) is 0 Å². The van der Waals surface area contributed by atoms with Gasteiger partial charge < -0.3 is 19.5 Å². The molecule has 1 aromatic carbocycles. The molecule has 2 aliphatic heterocycles. The van der Waals surface area contributed by atoms with Crippen LogP contribution in [0.2, 0.25) is 0 Å². The van der Waals surface area contributed by atoms with E-state index in [1.165, 1.54) is 45.2 Å². The molecule has 0 radical (unpaired) electrons. The third-order valence-electron chi connectivity index (χ3n) is 6.53. The summed E-state index contributed by atoms with van der Waals surface area (Å²) >= 11 is 0. The van der Waals surface area contributed by atoms with Crippen molar-refractivity contribution in [3.05, 3.63) is 46.4 Å². The van der Waals surface area contributed by atoms with Gasteiger partial charge in [0, 0.05) is 43.2 Å². The molecule has 0 unspecified atom stereocenters. The van der Waals surface area contributed by atoms with Gasteiger partial charge in [0.05, 0.1) is 12.2 Å². The summed E-state index contributed by atoms with van der Waals surface area (Å²) in [6.07, 6.45) is 7.90. The average molecular weight is 398 g/mol. The molecule has 0 saturated carbocycles. The summed E-state index contributed by atoms with van der Waals surface area (Å²) in [6, 6.07) is 7.96. The van der Waals surface area contributed by atoms with Crippen LogP contribution in [0.1, 0.15) is 42.5 Å². The Kier molecular flexibility index (Phi) is 6.31. The minimum absolute atomic E-state index is 0.0840. The molecule has 2 fully saturated rings. The van der Waals surface area contributed by atoms with Gasteiger partial charge in [-0.15, -0.1) is 0 Å². The van der Waals surface area contributed by atoms with E-state index in [4.69, 9.17) is 4.74 Å². The minimum Gasteiger partial charge on any atom is -0.383 e. The number of pyridine rings is 1. The largest absolute Gasteiger partial charge is 0.383 e. The maximum atomic E-state index is 13.1.